The third-order valence-electron chi connectivity index (χ3n) is 11.7. The molecule has 0 atom stereocenters. The summed E-state index contributed by atoms with van der Waals surface area (Å²) in [6, 6.07) is 11.9. The first-order valence-electron chi connectivity index (χ1n) is 21.2. The summed E-state index contributed by atoms with van der Waals surface area (Å²) in [6.07, 6.45) is -52.7. The van der Waals surface area contributed by atoms with Crippen LogP contribution in [-0.4, -0.2) is 12.1 Å². The van der Waals surface area contributed by atoms with E-state index in [1.807, 2.05) is 18.2 Å². The Balaban J connectivity index is 0.000000397. The van der Waals surface area contributed by atoms with Gasteiger partial charge in [0.05, 0.1) is 49.9 Å². The largest absolute Gasteiger partial charge is 0.433 e. The molecule has 7 aromatic rings. The lowest BCUT2D eigenvalue weighted by Gasteiger charge is -2.46. The van der Waals surface area contributed by atoms with Crippen LogP contribution in [0.3, 0.4) is 0 Å². The SMILES string of the molecule is FC(F)(F)c1cc([B-](c2cc(C(F)(F)F)cc(C(F)(F)F)c2)(c2cc(C(F)(F)F)cc(C(F)(F)F)c2)c2cc(C(F)(F)F)cc(C(F)(F)F)c2)cc(C(F)(F)F)c1.SCOc1c2ccccc2cc[n+]1Cc1ccccc1. The maximum Gasteiger partial charge on any atom is 0.416 e. The van der Waals surface area contributed by atoms with E-state index in [1.165, 1.54) is 10.9 Å². The number of nitrogens with zero attached hydrogens (tertiary/aromatic N) is 1. The molecule has 1 heterocycles. The minimum atomic E-state index is -6.13. The van der Waals surface area contributed by atoms with Crippen LogP contribution in [0.25, 0.3) is 10.8 Å². The summed E-state index contributed by atoms with van der Waals surface area (Å²) in [5.74, 6) is 1.23. The number of benzene rings is 6. The number of hydrogen-bond donors (Lipinski definition) is 1. The number of rotatable bonds is 8. The normalized spacial score (nSPS) is 13.4. The van der Waals surface area contributed by atoms with Gasteiger partial charge in [0.15, 0.2) is 12.7 Å². The van der Waals surface area contributed by atoms with Gasteiger partial charge in [0.25, 0.3) is 0 Å². The summed E-state index contributed by atoms with van der Waals surface area (Å²) in [4.78, 5) is 0. The van der Waals surface area contributed by atoms with Crippen molar-refractivity contribution in [3.8, 4) is 5.88 Å². The molecule has 0 unspecified atom stereocenters. The van der Waals surface area contributed by atoms with Crippen LogP contribution >= 0.6 is 12.6 Å². The van der Waals surface area contributed by atoms with E-state index in [0.717, 1.165) is 17.8 Å². The average molecular weight is 1150 g/mol. The van der Waals surface area contributed by atoms with Crippen LogP contribution in [0, 0.1) is 0 Å². The van der Waals surface area contributed by atoms with Crippen molar-refractivity contribution in [1.29, 1.82) is 0 Å². The minimum Gasteiger partial charge on any atom is -0.433 e. The van der Waals surface area contributed by atoms with Gasteiger partial charge in [0, 0.05) is 11.6 Å². The van der Waals surface area contributed by atoms with Crippen LogP contribution in [-0.2, 0) is 56.0 Å². The van der Waals surface area contributed by atoms with Gasteiger partial charge >= 0.3 is 55.3 Å². The van der Waals surface area contributed by atoms with Gasteiger partial charge in [-0.1, -0.05) is 97.1 Å². The zero-order valence-electron chi connectivity index (χ0n) is 37.6. The molecule has 0 bridgehead atoms. The summed E-state index contributed by atoms with van der Waals surface area (Å²) in [7, 11) is 0. The summed E-state index contributed by atoms with van der Waals surface area (Å²) >= 11 is 4.20. The second-order valence-electron chi connectivity index (χ2n) is 16.8. The number of alkyl halides is 24. The lowest BCUT2D eigenvalue weighted by molar-refractivity contribution is -0.691. The summed E-state index contributed by atoms with van der Waals surface area (Å²) in [5.41, 5.74) is -29.0. The molecule has 0 aliphatic heterocycles. The third-order valence-corrected chi connectivity index (χ3v) is 11.9. The molecule has 77 heavy (non-hydrogen) atoms. The highest BCUT2D eigenvalue weighted by atomic mass is 32.1. The molecule has 0 saturated heterocycles. The molecule has 1 aromatic heterocycles. The first-order valence-corrected chi connectivity index (χ1v) is 21.8. The molecule has 0 aliphatic carbocycles. The molecule has 0 spiro atoms. The van der Waals surface area contributed by atoms with Gasteiger partial charge in [0.2, 0.25) is 0 Å². The maximum atomic E-state index is 14.2. The Morgan fingerprint density at radius 3 is 0.896 bits per heavy atom. The smallest absolute Gasteiger partial charge is 0.416 e. The van der Waals surface area contributed by atoms with Crippen molar-refractivity contribution in [2.24, 2.45) is 0 Å². The fourth-order valence-electron chi connectivity index (χ4n) is 8.43. The van der Waals surface area contributed by atoms with Crippen molar-refractivity contribution in [2.45, 2.75) is 56.0 Å². The standard InChI is InChI=1S/C32H12BF24.C17H15NOS/c34-25(35,36)13-1-14(26(37,38)39)6-21(5-13)33(22-7-15(27(40,41)42)2-16(8-22)28(43,44)45,23-9-17(29(46,47)48)3-18(10-23)30(49,50)51)24-11-19(31(52,53)54)4-20(12-24)32(55,56)57;20-13-19-17-16-9-5-4-8-15(16)10-11-18(17)12-14-6-2-1-3-7-14/h1-12H;1-11H,12-13H2/q-1;/p+1. The highest BCUT2D eigenvalue weighted by molar-refractivity contribution is 7.80. The van der Waals surface area contributed by atoms with Crippen LogP contribution in [0.4, 0.5) is 105 Å². The first kappa shape index (κ1) is 59.5. The van der Waals surface area contributed by atoms with E-state index in [-0.39, 0.29) is 0 Å². The molecular weight excluding hydrogens is 1120 g/mol. The Kier molecular flexibility index (Phi) is 16.2. The lowest BCUT2D eigenvalue weighted by Crippen LogP contribution is -2.75. The molecule has 28 heteroatoms. The second kappa shape index (κ2) is 20.9. The summed E-state index contributed by atoms with van der Waals surface area (Å²) < 4.78 is 349. The Morgan fingerprint density at radius 2 is 0.623 bits per heavy atom. The molecular formula is C49H28BF24NOS. The maximum absolute atomic E-state index is 14.2. The van der Waals surface area contributed by atoms with E-state index in [1.54, 1.807) is 0 Å². The van der Waals surface area contributed by atoms with Crippen LogP contribution in [0.15, 0.2) is 140 Å². The number of aromatic nitrogens is 1. The van der Waals surface area contributed by atoms with Gasteiger partial charge in [-0.25, -0.2) is 0 Å². The van der Waals surface area contributed by atoms with Crippen molar-refractivity contribution in [3.63, 3.8) is 0 Å². The van der Waals surface area contributed by atoms with Gasteiger partial charge < -0.3 is 4.74 Å². The number of pyridine rings is 1. The van der Waals surface area contributed by atoms with Crippen LogP contribution in [0.1, 0.15) is 50.1 Å². The van der Waals surface area contributed by atoms with E-state index < -0.39 is 195 Å². The molecule has 0 amide bonds. The Labute approximate surface area is 422 Å². The van der Waals surface area contributed by atoms with Crippen molar-refractivity contribution >= 4 is 51.4 Å². The molecule has 0 N–H and O–H groups in total. The van der Waals surface area contributed by atoms with E-state index in [4.69, 9.17) is 4.74 Å². The zero-order valence-corrected chi connectivity index (χ0v) is 38.5. The van der Waals surface area contributed by atoms with Gasteiger partial charge in [-0.05, 0) is 35.7 Å². The van der Waals surface area contributed by atoms with E-state index in [9.17, 15) is 105 Å². The molecule has 0 radical (unpaired) electrons. The van der Waals surface area contributed by atoms with Crippen molar-refractivity contribution in [3.05, 3.63) is 190 Å². The van der Waals surface area contributed by atoms with Crippen LogP contribution in [0.2, 0.25) is 0 Å². The lowest BCUT2D eigenvalue weighted by atomic mass is 9.12. The quantitative estimate of drug-likeness (QED) is 0.0526. The van der Waals surface area contributed by atoms with Crippen LogP contribution in [0.5, 0.6) is 5.88 Å². The first-order chi connectivity index (χ1) is 35.1. The second-order valence-corrected chi connectivity index (χ2v) is 17.1. The molecule has 6 aromatic carbocycles. The molecule has 7 rings (SSSR count). The van der Waals surface area contributed by atoms with Crippen LogP contribution < -0.4 is 31.2 Å². The molecule has 2 nitrogen and oxygen atoms in total. The number of halogens is 24. The van der Waals surface area contributed by atoms with E-state index in [0.29, 0.717) is 5.94 Å². The monoisotopic (exact) mass is 1150 g/mol. The fourth-order valence-corrected chi connectivity index (χ4v) is 8.55. The highest BCUT2D eigenvalue weighted by Crippen LogP contribution is 2.41. The van der Waals surface area contributed by atoms with Crippen molar-refractivity contribution in [1.82, 2.24) is 0 Å². The van der Waals surface area contributed by atoms with Crippen molar-refractivity contribution < 1.29 is 115 Å². The van der Waals surface area contributed by atoms with Gasteiger partial charge in [-0.15, -0.1) is 12.6 Å². The number of thiol groups is 1. The predicted molar refractivity (Wildman–Crippen MR) is 234 cm³/mol. The molecule has 0 fully saturated rings. The molecule has 412 valence electrons. The Bertz CT molecular complexity index is 2810. The van der Waals surface area contributed by atoms with E-state index in [2.05, 4.69) is 65.9 Å². The summed E-state index contributed by atoms with van der Waals surface area (Å²) in [6.45, 7) is 0.786. The number of hydrogen-bond acceptors (Lipinski definition) is 2. The highest BCUT2D eigenvalue weighted by Gasteiger charge is 2.47. The molecule has 0 aliphatic rings. The van der Waals surface area contributed by atoms with E-state index >= 15 is 0 Å². The summed E-state index contributed by atoms with van der Waals surface area (Å²) in [5, 5.41) is 2.29. The van der Waals surface area contributed by atoms with Crippen molar-refractivity contribution in [2.75, 3.05) is 5.94 Å². The number of fused-ring (bicyclic) bond motifs is 1. The topological polar surface area (TPSA) is 13.1 Å². The number of ether oxygens (including phenoxy) is 1. The Morgan fingerprint density at radius 1 is 0.351 bits per heavy atom. The van der Waals surface area contributed by atoms with Gasteiger partial charge in [0.1, 0.15) is 12.1 Å². The Hall–Kier alpha value is -6.74. The zero-order chi connectivity index (χ0) is 57.7. The third kappa shape index (κ3) is 13.5. The fraction of sp³-hybridized carbons (Fsp3) is 0.204. The minimum absolute atomic E-state index is 0.364. The average Bonchev–Trinajstić information content (AvgIpc) is 3.30. The predicted octanol–water partition coefficient (Wildman–Crippen LogP) is 14.7. The van der Waals surface area contributed by atoms with Gasteiger partial charge in [-0.2, -0.15) is 132 Å². The molecule has 0 saturated carbocycles. The van der Waals surface area contributed by atoms with Gasteiger partial charge in [-0.3, -0.25) is 0 Å².